The molecule has 0 aliphatic heterocycles. The summed E-state index contributed by atoms with van der Waals surface area (Å²) in [6, 6.07) is 1.19. The Morgan fingerprint density at radius 3 is 2.70 bits per heavy atom. The van der Waals surface area contributed by atoms with Gasteiger partial charge in [-0.1, -0.05) is 11.6 Å². The third kappa shape index (κ3) is 3.64. The molecule has 0 radical (unpaired) electrons. The number of aliphatic carboxylic acids is 1. The number of carboxylic acid groups (broad SMARTS) is 1. The van der Waals surface area contributed by atoms with Crippen molar-refractivity contribution < 1.29 is 19.6 Å². The van der Waals surface area contributed by atoms with Crippen molar-refractivity contribution in [1.29, 1.82) is 0 Å². The normalized spacial score (nSPS) is 10.1. The fourth-order valence-electron chi connectivity index (χ4n) is 1.58. The van der Waals surface area contributed by atoms with Crippen molar-refractivity contribution in [3.63, 3.8) is 0 Å². The summed E-state index contributed by atoms with van der Waals surface area (Å²) in [5.41, 5.74) is -0.782. The Morgan fingerprint density at radius 2 is 2.20 bits per heavy atom. The summed E-state index contributed by atoms with van der Waals surface area (Å²) in [4.78, 5) is 37.7. The van der Waals surface area contributed by atoms with E-state index in [9.17, 15) is 19.7 Å². The molecule has 0 bridgehead atoms. The van der Waals surface area contributed by atoms with Gasteiger partial charge in [0.05, 0.1) is 11.3 Å². The SMILES string of the molecule is CCN(CCC(=O)O)C(=O)c1ccnc(Cl)c1[N+](=O)[O-]. The molecule has 1 heterocycles. The number of pyridine rings is 1. The number of hydrogen-bond donors (Lipinski definition) is 1. The van der Waals surface area contributed by atoms with Crippen LogP contribution in [0.5, 0.6) is 0 Å². The highest BCUT2D eigenvalue weighted by molar-refractivity contribution is 6.32. The molecular weight excluding hydrogens is 290 g/mol. The summed E-state index contributed by atoms with van der Waals surface area (Å²) in [6.45, 7) is 1.83. The van der Waals surface area contributed by atoms with Gasteiger partial charge >= 0.3 is 11.7 Å². The van der Waals surface area contributed by atoms with Gasteiger partial charge in [-0.2, -0.15) is 0 Å². The van der Waals surface area contributed by atoms with Gasteiger partial charge in [0.25, 0.3) is 5.91 Å². The molecule has 20 heavy (non-hydrogen) atoms. The van der Waals surface area contributed by atoms with Gasteiger partial charge in [-0.25, -0.2) is 4.98 Å². The standard InChI is InChI=1S/C11H12ClN3O5/c1-2-14(6-4-8(16)17)11(18)7-3-5-13-10(12)9(7)15(19)20/h3,5H,2,4,6H2,1H3,(H,16,17). The van der Waals surface area contributed by atoms with Crippen LogP contribution >= 0.6 is 11.6 Å². The van der Waals surface area contributed by atoms with Crippen molar-refractivity contribution in [2.24, 2.45) is 0 Å². The van der Waals surface area contributed by atoms with Crippen LogP contribution in [0.2, 0.25) is 5.15 Å². The van der Waals surface area contributed by atoms with E-state index < -0.39 is 22.5 Å². The van der Waals surface area contributed by atoms with Gasteiger partial charge in [0, 0.05) is 19.3 Å². The van der Waals surface area contributed by atoms with Crippen LogP contribution in [0.15, 0.2) is 12.3 Å². The van der Waals surface area contributed by atoms with E-state index in [0.717, 1.165) is 0 Å². The molecule has 9 heteroatoms. The molecule has 0 aliphatic carbocycles. The summed E-state index contributed by atoms with van der Waals surface area (Å²) < 4.78 is 0. The van der Waals surface area contributed by atoms with E-state index in [4.69, 9.17) is 16.7 Å². The van der Waals surface area contributed by atoms with Crippen LogP contribution < -0.4 is 0 Å². The molecule has 1 N–H and O–H groups in total. The van der Waals surface area contributed by atoms with Crippen LogP contribution in [0.3, 0.4) is 0 Å². The lowest BCUT2D eigenvalue weighted by Gasteiger charge is -2.19. The largest absolute Gasteiger partial charge is 0.481 e. The van der Waals surface area contributed by atoms with Crippen molar-refractivity contribution in [1.82, 2.24) is 9.88 Å². The van der Waals surface area contributed by atoms with Crippen LogP contribution in [0, 0.1) is 10.1 Å². The van der Waals surface area contributed by atoms with Gasteiger partial charge in [0.2, 0.25) is 5.15 Å². The maximum atomic E-state index is 12.2. The Hall–Kier alpha value is -2.22. The zero-order valence-corrected chi connectivity index (χ0v) is 11.3. The number of carbonyl (C=O) groups is 2. The van der Waals surface area contributed by atoms with Gasteiger partial charge in [-0.3, -0.25) is 19.7 Å². The monoisotopic (exact) mass is 301 g/mol. The molecule has 1 aromatic rings. The highest BCUT2D eigenvalue weighted by Crippen LogP contribution is 2.27. The minimum atomic E-state index is -1.06. The summed E-state index contributed by atoms with van der Waals surface area (Å²) in [7, 11) is 0. The van der Waals surface area contributed by atoms with Crippen molar-refractivity contribution in [3.8, 4) is 0 Å². The number of hydrogen-bond acceptors (Lipinski definition) is 5. The maximum Gasteiger partial charge on any atom is 0.319 e. The first-order valence-electron chi connectivity index (χ1n) is 5.68. The molecule has 1 rings (SSSR count). The Kier molecular flexibility index (Phi) is 5.39. The smallest absolute Gasteiger partial charge is 0.319 e. The summed E-state index contributed by atoms with van der Waals surface area (Å²) in [5, 5.41) is 19.2. The fourth-order valence-corrected chi connectivity index (χ4v) is 1.81. The van der Waals surface area contributed by atoms with Gasteiger partial charge in [0.1, 0.15) is 5.56 Å². The van der Waals surface area contributed by atoms with E-state index >= 15 is 0 Å². The van der Waals surface area contributed by atoms with Gasteiger partial charge in [0.15, 0.2) is 0 Å². The van der Waals surface area contributed by atoms with E-state index in [1.807, 2.05) is 0 Å². The van der Waals surface area contributed by atoms with Crippen molar-refractivity contribution in [2.45, 2.75) is 13.3 Å². The molecule has 0 unspecified atom stereocenters. The zero-order chi connectivity index (χ0) is 15.3. The van der Waals surface area contributed by atoms with E-state index in [-0.39, 0.29) is 30.2 Å². The van der Waals surface area contributed by atoms with E-state index in [1.165, 1.54) is 17.2 Å². The Morgan fingerprint density at radius 1 is 1.55 bits per heavy atom. The average Bonchev–Trinajstić information content (AvgIpc) is 2.38. The number of amides is 1. The molecule has 8 nitrogen and oxygen atoms in total. The van der Waals surface area contributed by atoms with E-state index in [1.54, 1.807) is 6.92 Å². The molecule has 1 aromatic heterocycles. The van der Waals surface area contributed by atoms with Crippen LogP contribution in [0.1, 0.15) is 23.7 Å². The number of nitrogens with zero attached hydrogens (tertiary/aromatic N) is 3. The van der Waals surface area contributed by atoms with Crippen LogP contribution in [0.25, 0.3) is 0 Å². The molecule has 0 fully saturated rings. The number of carbonyl (C=O) groups excluding carboxylic acids is 1. The predicted octanol–water partition coefficient (Wildman–Crippen LogP) is 1.58. The van der Waals surface area contributed by atoms with Crippen molar-refractivity contribution in [2.75, 3.05) is 13.1 Å². The summed E-state index contributed by atoms with van der Waals surface area (Å²) in [5.74, 6) is -1.71. The molecular formula is C11H12ClN3O5. The third-order valence-electron chi connectivity index (χ3n) is 2.56. The lowest BCUT2D eigenvalue weighted by molar-refractivity contribution is -0.385. The topological polar surface area (TPSA) is 114 Å². The molecule has 0 aromatic carbocycles. The maximum absolute atomic E-state index is 12.2. The highest BCUT2D eigenvalue weighted by Gasteiger charge is 2.27. The molecule has 0 aliphatic rings. The quantitative estimate of drug-likeness (QED) is 0.485. The number of halogens is 1. The second-order valence-electron chi connectivity index (χ2n) is 3.78. The van der Waals surface area contributed by atoms with E-state index in [0.29, 0.717) is 0 Å². The van der Waals surface area contributed by atoms with Crippen molar-refractivity contribution in [3.05, 3.63) is 33.1 Å². The summed E-state index contributed by atoms with van der Waals surface area (Å²) >= 11 is 5.63. The first kappa shape index (κ1) is 15.8. The Balaban J connectivity index is 3.09. The Labute approximate surface area is 119 Å². The zero-order valence-electron chi connectivity index (χ0n) is 10.6. The molecule has 0 spiro atoms. The van der Waals surface area contributed by atoms with Crippen molar-refractivity contribution >= 4 is 29.2 Å². The van der Waals surface area contributed by atoms with E-state index in [2.05, 4.69) is 4.98 Å². The predicted molar refractivity (Wildman–Crippen MR) is 69.7 cm³/mol. The highest BCUT2D eigenvalue weighted by atomic mass is 35.5. The van der Waals surface area contributed by atoms with Crippen LogP contribution in [0.4, 0.5) is 5.69 Å². The first-order chi connectivity index (χ1) is 9.38. The molecule has 0 saturated heterocycles. The second-order valence-corrected chi connectivity index (χ2v) is 4.14. The number of nitro groups is 1. The Bertz CT molecular complexity index is 549. The third-order valence-corrected chi connectivity index (χ3v) is 2.83. The second kappa shape index (κ2) is 6.80. The molecule has 0 atom stereocenters. The van der Waals surface area contributed by atoms with Gasteiger partial charge in [-0.15, -0.1) is 0 Å². The number of rotatable bonds is 6. The molecule has 1 amide bonds. The first-order valence-corrected chi connectivity index (χ1v) is 6.06. The lowest BCUT2D eigenvalue weighted by Crippen LogP contribution is -2.33. The van der Waals surface area contributed by atoms with Crippen LogP contribution in [-0.2, 0) is 4.79 Å². The minimum Gasteiger partial charge on any atom is -0.481 e. The van der Waals surface area contributed by atoms with Gasteiger partial charge < -0.3 is 10.0 Å². The van der Waals surface area contributed by atoms with Crippen LogP contribution in [-0.4, -0.2) is 44.9 Å². The minimum absolute atomic E-state index is 0.0399. The lowest BCUT2D eigenvalue weighted by atomic mass is 10.2. The summed E-state index contributed by atoms with van der Waals surface area (Å²) in [6.07, 6.45) is 0.944. The van der Waals surface area contributed by atoms with Gasteiger partial charge in [-0.05, 0) is 13.0 Å². The number of carboxylic acids is 1. The number of aromatic nitrogens is 1. The fraction of sp³-hybridized carbons (Fsp3) is 0.364. The molecule has 0 saturated carbocycles. The average molecular weight is 302 g/mol. The molecule has 108 valence electrons.